The van der Waals surface area contributed by atoms with E-state index in [9.17, 15) is 4.79 Å². The van der Waals surface area contributed by atoms with E-state index >= 15 is 0 Å². The molecule has 0 bridgehead atoms. The van der Waals surface area contributed by atoms with Crippen LogP contribution in [0, 0.1) is 0 Å². The maximum atomic E-state index is 13.2. The molecule has 200 valence electrons. The van der Waals surface area contributed by atoms with Crippen LogP contribution < -0.4 is 5.43 Å². The smallest absolute Gasteiger partial charge is 0.200 e. The van der Waals surface area contributed by atoms with Gasteiger partial charge in [-0.1, -0.05) is 105 Å². The Morgan fingerprint density at radius 1 is 0.452 bits per heavy atom. The minimum atomic E-state index is -0.0305. The van der Waals surface area contributed by atoms with Gasteiger partial charge in [-0.25, -0.2) is 0 Å². The first-order valence-electron chi connectivity index (χ1n) is 14.4. The van der Waals surface area contributed by atoms with E-state index in [0.717, 1.165) is 22.3 Å². The van der Waals surface area contributed by atoms with Crippen molar-refractivity contribution < 1.29 is 4.42 Å². The number of hydrogen-bond acceptors (Lipinski definition) is 2. The van der Waals surface area contributed by atoms with Gasteiger partial charge in [0.15, 0.2) is 0 Å². The van der Waals surface area contributed by atoms with Gasteiger partial charge in [-0.05, 0) is 98.1 Å². The van der Waals surface area contributed by atoms with Gasteiger partial charge < -0.3 is 4.42 Å². The molecule has 8 rings (SSSR count). The summed E-state index contributed by atoms with van der Waals surface area (Å²) in [6.07, 6.45) is 0. The monoisotopic (exact) mass is 540 g/mol. The summed E-state index contributed by atoms with van der Waals surface area (Å²) in [5.74, 6) is 0. The summed E-state index contributed by atoms with van der Waals surface area (Å²) in [6, 6.07) is 46.2. The molecule has 0 amide bonds. The van der Waals surface area contributed by atoms with E-state index < -0.39 is 0 Å². The zero-order valence-electron chi connectivity index (χ0n) is 23.5. The first-order valence-corrected chi connectivity index (χ1v) is 14.4. The Hall–Kier alpha value is -5.21. The molecule has 6 aromatic carbocycles. The van der Waals surface area contributed by atoms with E-state index in [1.165, 1.54) is 33.4 Å². The Morgan fingerprint density at radius 3 is 1.74 bits per heavy atom. The topological polar surface area (TPSA) is 30.2 Å². The largest absolute Gasteiger partial charge is 0.456 e. The lowest BCUT2D eigenvalue weighted by Crippen LogP contribution is -2.14. The fraction of sp³-hybridized carbons (Fsp3) is 0.0750. The van der Waals surface area contributed by atoms with Crippen LogP contribution >= 0.6 is 0 Å². The van der Waals surface area contributed by atoms with Crippen molar-refractivity contribution >= 4 is 21.9 Å². The molecule has 1 aromatic heterocycles. The van der Waals surface area contributed by atoms with Crippen molar-refractivity contribution in [3.05, 3.63) is 155 Å². The van der Waals surface area contributed by atoms with Gasteiger partial charge in [-0.15, -0.1) is 0 Å². The Kier molecular flexibility index (Phi) is 5.36. The summed E-state index contributed by atoms with van der Waals surface area (Å²) in [5, 5.41) is 1.20. The van der Waals surface area contributed by atoms with Gasteiger partial charge in [0.2, 0.25) is 5.43 Å². The van der Waals surface area contributed by atoms with E-state index in [0.29, 0.717) is 21.9 Å². The average Bonchev–Trinajstić information content (AvgIpc) is 3.27. The zero-order valence-corrected chi connectivity index (χ0v) is 23.5. The highest BCUT2D eigenvalue weighted by Gasteiger charge is 2.35. The summed E-state index contributed by atoms with van der Waals surface area (Å²) in [6.45, 7) is 4.64. The Balaban J connectivity index is 1.17. The predicted molar refractivity (Wildman–Crippen MR) is 174 cm³/mol. The summed E-state index contributed by atoms with van der Waals surface area (Å²) in [7, 11) is 0. The van der Waals surface area contributed by atoms with Gasteiger partial charge in [-0.3, -0.25) is 4.79 Å². The molecule has 0 aliphatic heterocycles. The molecule has 0 spiro atoms. The van der Waals surface area contributed by atoms with Crippen molar-refractivity contribution in [3.63, 3.8) is 0 Å². The zero-order chi connectivity index (χ0) is 28.4. The Labute approximate surface area is 244 Å². The van der Waals surface area contributed by atoms with Crippen LogP contribution in [-0.2, 0) is 5.41 Å². The van der Waals surface area contributed by atoms with Crippen molar-refractivity contribution in [2.75, 3.05) is 0 Å². The first kappa shape index (κ1) is 24.6. The van der Waals surface area contributed by atoms with Crippen LogP contribution in [0.4, 0.5) is 0 Å². The third kappa shape index (κ3) is 3.76. The molecule has 0 atom stereocenters. The molecule has 2 heteroatoms. The van der Waals surface area contributed by atoms with Gasteiger partial charge in [-0.2, -0.15) is 0 Å². The highest BCUT2D eigenvalue weighted by molar-refractivity contribution is 5.92. The van der Waals surface area contributed by atoms with Gasteiger partial charge >= 0.3 is 0 Å². The summed E-state index contributed by atoms with van der Waals surface area (Å²) in [5.41, 5.74) is 13.4. The molecule has 0 fully saturated rings. The molecule has 0 N–H and O–H groups in total. The normalized spacial score (nSPS) is 13.3. The fourth-order valence-electron chi connectivity index (χ4n) is 6.62. The molecule has 0 radical (unpaired) electrons. The minimum Gasteiger partial charge on any atom is -0.456 e. The number of hydrogen-bond donors (Lipinski definition) is 0. The first-order chi connectivity index (χ1) is 20.5. The lowest BCUT2D eigenvalue weighted by molar-refractivity contribution is 0.660. The van der Waals surface area contributed by atoms with E-state index in [2.05, 4.69) is 105 Å². The second-order valence-electron chi connectivity index (χ2n) is 11.7. The quantitative estimate of drug-likeness (QED) is 0.209. The third-order valence-corrected chi connectivity index (χ3v) is 8.88. The van der Waals surface area contributed by atoms with Crippen LogP contribution in [0.2, 0.25) is 0 Å². The molecule has 0 unspecified atom stereocenters. The van der Waals surface area contributed by atoms with Crippen LogP contribution in [0.15, 0.2) is 143 Å². The molecule has 7 aromatic rings. The fourth-order valence-corrected chi connectivity index (χ4v) is 6.62. The van der Waals surface area contributed by atoms with Crippen molar-refractivity contribution in [1.29, 1.82) is 0 Å². The number of fused-ring (bicyclic) bond motifs is 5. The molecular formula is C40H28O2. The van der Waals surface area contributed by atoms with Gasteiger partial charge in [0.25, 0.3) is 0 Å². The molecule has 0 saturated heterocycles. The summed E-state index contributed by atoms with van der Waals surface area (Å²) in [4.78, 5) is 13.2. The SMILES string of the molecule is CC1(C)c2ccccc2-c2ccc(-c3cccc(-c4cccc(-c5ccc6oc7ccccc7c(=O)c6c5)c4)c3)cc21. The number of para-hydroxylation sites is 1. The lowest BCUT2D eigenvalue weighted by atomic mass is 9.81. The summed E-state index contributed by atoms with van der Waals surface area (Å²) < 4.78 is 6.02. The van der Waals surface area contributed by atoms with Crippen molar-refractivity contribution in [2.45, 2.75) is 19.3 Å². The second-order valence-corrected chi connectivity index (χ2v) is 11.7. The molecule has 1 aliphatic rings. The highest BCUT2D eigenvalue weighted by Crippen LogP contribution is 2.49. The molecule has 1 aliphatic carbocycles. The van der Waals surface area contributed by atoms with Crippen LogP contribution in [0.1, 0.15) is 25.0 Å². The van der Waals surface area contributed by atoms with E-state index in [1.54, 1.807) is 0 Å². The van der Waals surface area contributed by atoms with E-state index in [1.807, 2.05) is 42.5 Å². The number of benzene rings is 6. The molecule has 42 heavy (non-hydrogen) atoms. The van der Waals surface area contributed by atoms with E-state index in [4.69, 9.17) is 4.42 Å². The van der Waals surface area contributed by atoms with Crippen molar-refractivity contribution in [2.24, 2.45) is 0 Å². The molecular weight excluding hydrogens is 512 g/mol. The maximum absolute atomic E-state index is 13.2. The van der Waals surface area contributed by atoms with E-state index in [-0.39, 0.29) is 10.8 Å². The van der Waals surface area contributed by atoms with Crippen LogP contribution in [-0.4, -0.2) is 0 Å². The minimum absolute atomic E-state index is 0.00169. The van der Waals surface area contributed by atoms with Crippen molar-refractivity contribution in [1.82, 2.24) is 0 Å². The number of rotatable bonds is 3. The third-order valence-electron chi connectivity index (χ3n) is 8.88. The Morgan fingerprint density at radius 2 is 1.00 bits per heavy atom. The second kappa shape index (κ2) is 9.15. The van der Waals surface area contributed by atoms with Crippen molar-refractivity contribution in [3.8, 4) is 44.5 Å². The Bertz CT molecular complexity index is 2250. The summed E-state index contributed by atoms with van der Waals surface area (Å²) >= 11 is 0. The average molecular weight is 541 g/mol. The van der Waals surface area contributed by atoms with Gasteiger partial charge in [0, 0.05) is 5.41 Å². The van der Waals surface area contributed by atoms with Gasteiger partial charge in [0.05, 0.1) is 10.8 Å². The van der Waals surface area contributed by atoms with Crippen LogP contribution in [0.25, 0.3) is 66.4 Å². The molecule has 1 heterocycles. The van der Waals surface area contributed by atoms with Crippen LogP contribution in [0.5, 0.6) is 0 Å². The lowest BCUT2D eigenvalue weighted by Gasteiger charge is -2.22. The van der Waals surface area contributed by atoms with Gasteiger partial charge in [0.1, 0.15) is 11.2 Å². The highest BCUT2D eigenvalue weighted by atomic mass is 16.3. The standard InChI is InChI=1S/C40H28O2/c1-40(2)35-15-5-3-13-31(35)32-19-17-30(24-36(32)40)28-12-8-10-26(22-28)25-9-7-11-27(21-25)29-18-20-38-34(23-29)39(41)33-14-4-6-16-37(33)42-38/h3-24H,1-2H3. The predicted octanol–water partition coefficient (Wildman–Crippen LogP) is 10.3. The molecule has 2 nitrogen and oxygen atoms in total. The maximum Gasteiger partial charge on any atom is 0.200 e. The van der Waals surface area contributed by atoms with Crippen LogP contribution in [0.3, 0.4) is 0 Å². The molecule has 0 saturated carbocycles.